The van der Waals surface area contributed by atoms with Crippen molar-refractivity contribution in [3.8, 4) is 5.75 Å². The summed E-state index contributed by atoms with van der Waals surface area (Å²) >= 11 is 12.9. The third kappa shape index (κ3) is 5.87. The van der Waals surface area contributed by atoms with Gasteiger partial charge in [0.25, 0.3) is 5.91 Å². The molecule has 3 aromatic rings. The largest absolute Gasteiger partial charge is 0.497 e. The van der Waals surface area contributed by atoms with E-state index in [2.05, 4.69) is 10.6 Å². The van der Waals surface area contributed by atoms with E-state index >= 15 is 0 Å². The molecule has 1 amide bonds. The van der Waals surface area contributed by atoms with Crippen LogP contribution in [0.5, 0.6) is 5.75 Å². The lowest BCUT2D eigenvalue weighted by Crippen LogP contribution is -2.34. The molecule has 1 aromatic heterocycles. The number of fused-ring (bicyclic) bond motifs is 1. The molecule has 0 spiro atoms. The van der Waals surface area contributed by atoms with Crippen LogP contribution in [-0.2, 0) is 10.0 Å². The Hall–Kier alpha value is -2.24. The highest BCUT2D eigenvalue weighted by Crippen LogP contribution is 2.37. The Morgan fingerprint density at radius 3 is 2.35 bits per heavy atom. The first-order valence-corrected chi connectivity index (χ1v) is 13.7. The SMILES string of the molecule is CCCN(CCC)S(=O)(=O)c1ccc(NC(=S)NC(=O)c2sc3cc(OC)ccc3c2Cl)cc1. The zero-order valence-electron chi connectivity index (χ0n) is 19.1. The van der Waals surface area contributed by atoms with E-state index in [4.69, 9.17) is 28.6 Å². The molecule has 0 unspecified atom stereocenters. The summed E-state index contributed by atoms with van der Waals surface area (Å²) in [6.45, 7) is 4.84. The lowest BCUT2D eigenvalue weighted by molar-refractivity contribution is 0.0982. The Kier molecular flexibility index (Phi) is 8.89. The van der Waals surface area contributed by atoms with Crippen LogP contribution in [0, 0.1) is 0 Å². The van der Waals surface area contributed by atoms with Crippen molar-refractivity contribution in [1.29, 1.82) is 0 Å². The minimum atomic E-state index is -3.57. The minimum absolute atomic E-state index is 0.0744. The van der Waals surface area contributed by atoms with Crippen molar-refractivity contribution in [2.75, 3.05) is 25.5 Å². The van der Waals surface area contributed by atoms with Gasteiger partial charge < -0.3 is 10.1 Å². The van der Waals surface area contributed by atoms with E-state index in [1.807, 2.05) is 19.9 Å². The van der Waals surface area contributed by atoms with Crippen molar-refractivity contribution >= 4 is 72.0 Å². The predicted molar refractivity (Wildman–Crippen MR) is 143 cm³/mol. The van der Waals surface area contributed by atoms with Gasteiger partial charge in [0.05, 0.1) is 17.0 Å². The average molecular weight is 540 g/mol. The molecule has 0 saturated heterocycles. The summed E-state index contributed by atoms with van der Waals surface area (Å²) in [4.78, 5) is 13.3. The number of rotatable bonds is 9. The standard InChI is InChI=1S/C23H26ClN3O4S3/c1-4-12-27(13-5-2)34(29,30)17-9-6-15(7-10-17)25-23(32)26-22(28)21-20(24)18-11-8-16(31-3)14-19(18)33-21/h6-11,14H,4-5,12-13H2,1-3H3,(H2,25,26,28,32). The van der Waals surface area contributed by atoms with E-state index in [0.717, 1.165) is 22.9 Å². The number of sulfonamides is 1. The van der Waals surface area contributed by atoms with Gasteiger partial charge in [-0.15, -0.1) is 11.3 Å². The number of carbonyl (C=O) groups is 1. The highest BCUT2D eigenvalue weighted by Gasteiger charge is 2.23. The summed E-state index contributed by atoms with van der Waals surface area (Å²) in [7, 11) is -2.00. The quantitative estimate of drug-likeness (QED) is 0.349. The van der Waals surface area contributed by atoms with Crippen LogP contribution in [0.15, 0.2) is 47.4 Å². The summed E-state index contributed by atoms with van der Waals surface area (Å²) in [5.41, 5.74) is 0.550. The number of halogens is 1. The molecule has 0 saturated carbocycles. The second-order valence-corrected chi connectivity index (χ2v) is 11.2. The fourth-order valence-corrected chi connectivity index (χ4v) is 6.63. The molecular formula is C23H26ClN3O4S3. The van der Waals surface area contributed by atoms with E-state index in [1.165, 1.54) is 27.8 Å². The number of thiophene rings is 1. The zero-order valence-corrected chi connectivity index (χ0v) is 22.3. The molecule has 3 rings (SSSR count). The van der Waals surface area contributed by atoms with Crippen LogP contribution in [0.1, 0.15) is 36.4 Å². The van der Waals surface area contributed by atoms with Crippen molar-refractivity contribution in [3.05, 3.63) is 52.4 Å². The van der Waals surface area contributed by atoms with Gasteiger partial charge in [-0.2, -0.15) is 4.31 Å². The summed E-state index contributed by atoms with van der Waals surface area (Å²) < 4.78 is 33.3. The number of benzene rings is 2. The van der Waals surface area contributed by atoms with E-state index in [1.54, 1.807) is 31.4 Å². The van der Waals surface area contributed by atoms with E-state index in [0.29, 0.717) is 34.4 Å². The predicted octanol–water partition coefficient (Wildman–Crippen LogP) is 5.50. The van der Waals surface area contributed by atoms with Crippen LogP contribution in [0.4, 0.5) is 5.69 Å². The van der Waals surface area contributed by atoms with Crippen molar-refractivity contribution in [2.45, 2.75) is 31.6 Å². The minimum Gasteiger partial charge on any atom is -0.497 e. The van der Waals surface area contributed by atoms with Crippen molar-refractivity contribution in [1.82, 2.24) is 9.62 Å². The summed E-state index contributed by atoms with van der Waals surface area (Å²) in [5.74, 6) is 0.240. The highest BCUT2D eigenvalue weighted by atomic mass is 35.5. The van der Waals surface area contributed by atoms with Gasteiger partial charge in [0.1, 0.15) is 10.6 Å². The molecule has 0 fully saturated rings. The highest BCUT2D eigenvalue weighted by molar-refractivity contribution is 7.89. The molecule has 2 aromatic carbocycles. The van der Waals surface area contributed by atoms with Gasteiger partial charge in [-0.1, -0.05) is 25.4 Å². The number of anilines is 1. The first kappa shape index (κ1) is 26.4. The summed E-state index contributed by atoms with van der Waals surface area (Å²) in [6.07, 6.45) is 1.48. The third-order valence-corrected chi connectivity index (χ3v) is 8.74. The first-order chi connectivity index (χ1) is 16.2. The number of nitrogens with one attached hydrogen (secondary N) is 2. The fourth-order valence-electron chi connectivity index (χ4n) is 3.35. The average Bonchev–Trinajstić information content (AvgIpc) is 3.15. The Balaban J connectivity index is 1.69. The maximum Gasteiger partial charge on any atom is 0.269 e. The van der Waals surface area contributed by atoms with Gasteiger partial charge in [0.15, 0.2) is 5.11 Å². The molecule has 7 nitrogen and oxygen atoms in total. The fraction of sp³-hybridized carbons (Fsp3) is 0.304. The van der Waals surface area contributed by atoms with Crippen LogP contribution in [0.25, 0.3) is 10.1 Å². The van der Waals surface area contributed by atoms with Gasteiger partial charge in [-0.3, -0.25) is 10.1 Å². The van der Waals surface area contributed by atoms with Crippen molar-refractivity contribution in [2.24, 2.45) is 0 Å². The molecule has 182 valence electrons. The molecule has 34 heavy (non-hydrogen) atoms. The Morgan fingerprint density at radius 1 is 1.12 bits per heavy atom. The molecule has 1 heterocycles. The number of nitrogens with zero attached hydrogens (tertiary/aromatic N) is 1. The Bertz CT molecular complexity index is 1280. The van der Waals surface area contributed by atoms with Crippen molar-refractivity contribution in [3.63, 3.8) is 0 Å². The molecule has 2 N–H and O–H groups in total. The molecule has 0 aliphatic rings. The maximum absolute atomic E-state index is 12.9. The van der Waals surface area contributed by atoms with Crippen LogP contribution in [0.2, 0.25) is 5.02 Å². The van der Waals surface area contributed by atoms with Crippen LogP contribution >= 0.6 is 35.2 Å². The van der Waals surface area contributed by atoms with Gasteiger partial charge in [0.2, 0.25) is 10.0 Å². The first-order valence-electron chi connectivity index (χ1n) is 10.7. The third-order valence-electron chi connectivity index (χ3n) is 4.97. The second-order valence-electron chi connectivity index (χ2n) is 7.44. The van der Waals surface area contributed by atoms with Gasteiger partial charge >= 0.3 is 0 Å². The molecule has 11 heteroatoms. The van der Waals surface area contributed by atoms with Gasteiger partial charge in [-0.05, 0) is 67.5 Å². The lowest BCUT2D eigenvalue weighted by Gasteiger charge is -2.21. The lowest BCUT2D eigenvalue weighted by atomic mass is 10.2. The van der Waals surface area contributed by atoms with Crippen LogP contribution < -0.4 is 15.4 Å². The zero-order chi connectivity index (χ0) is 24.9. The number of ether oxygens (including phenoxy) is 1. The molecule has 0 atom stereocenters. The van der Waals surface area contributed by atoms with Crippen LogP contribution in [-0.4, -0.2) is 43.9 Å². The number of hydrogen-bond acceptors (Lipinski definition) is 6. The smallest absolute Gasteiger partial charge is 0.269 e. The molecule has 0 radical (unpaired) electrons. The molecule has 0 aliphatic heterocycles. The Morgan fingerprint density at radius 2 is 1.76 bits per heavy atom. The normalized spacial score (nSPS) is 11.6. The second kappa shape index (κ2) is 11.5. The van der Waals surface area contributed by atoms with E-state index in [-0.39, 0.29) is 10.0 Å². The Labute approximate surface area is 214 Å². The van der Waals surface area contributed by atoms with Crippen LogP contribution in [0.3, 0.4) is 0 Å². The summed E-state index contributed by atoms with van der Waals surface area (Å²) in [5, 5.41) is 6.71. The number of amides is 1. The van der Waals surface area contributed by atoms with Gasteiger partial charge in [-0.25, -0.2) is 8.42 Å². The van der Waals surface area contributed by atoms with E-state index < -0.39 is 15.9 Å². The number of hydrogen-bond donors (Lipinski definition) is 2. The van der Waals surface area contributed by atoms with Gasteiger partial charge in [0, 0.05) is 28.9 Å². The van der Waals surface area contributed by atoms with Crippen molar-refractivity contribution < 1.29 is 17.9 Å². The number of methoxy groups -OCH3 is 1. The maximum atomic E-state index is 12.9. The molecular weight excluding hydrogens is 514 g/mol. The van der Waals surface area contributed by atoms with E-state index in [9.17, 15) is 13.2 Å². The topological polar surface area (TPSA) is 87.7 Å². The number of thiocarbonyl (C=S) groups is 1. The number of carbonyl (C=O) groups excluding carboxylic acids is 1. The summed E-state index contributed by atoms with van der Waals surface area (Å²) in [6, 6.07) is 11.7. The molecule has 0 aliphatic carbocycles. The monoisotopic (exact) mass is 539 g/mol. The molecule has 0 bridgehead atoms.